The average molecular weight is 488 g/mol. The Labute approximate surface area is 203 Å². The van der Waals surface area contributed by atoms with Gasteiger partial charge in [-0.15, -0.1) is 0 Å². The van der Waals surface area contributed by atoms with E-state index >= 15 is 0 Å². The number of hydrogen-bond donors (Lipinski definition) is 1. The molecule has 0 aliphatic carbocycles. The fraction of sp³-hybridized carbons (Fsp3) is 0.609. The molecule has 0 radical (unpaired) electrons. The second kappa shape index (κ2) is 9.87. The number of aromatic amines is 1. The largest absolute Gasteiger partial charge is 0.372 e. The van der Waals surface area contributed by atoms with Crippen molar-refractivity contribution in [2.24, 2.45) is 0 Å². The van der Waals surface area contributed by atoms with Crippen molar-refractivity contribution < 1.29 is 9.53 Å². The van der Waals surface area contributed by atoms with E-state index in [9.17, 15) is 9.59 Å². The Morgan fingerprint density at radius 1 is 1.12 bits per heavy atom. The van der Waals surface area contributed by atoms with Crippen molar-refractivity contribution >= 4 is 29.1 Å². The van der Waals surface area contributed by atoms with E-state index in [2.05, 4.69) is 30.0 Å². The maximum Gasteiger partial charge on any atom is 0.269 e. The molecular formula is C23H30ClN7O3. The maximum absolute atomic E-state index is 13.0. The molecule has 2 aromatic rings. The lowest BCUT2D eigenvalue weighted by atomic mass is 10.0. The van der Waals surface area contributed by atoms with E-state index in [4.69, 9.17) is 16.3 Å². The highest BCUT2D eigenvalue weighted by atomic mass is 35.5. The van der Waals surface area contributed by atoms with Crippen molar-refractivity contribution in [2.75, 3.05) is 42.5 Å². The lowest BCUT2D eigenvalue weighted by Gasteiger charge is -2.35. The molecule has 3 fully saturated rings. The molecule has 11 heteroatoms. The molecule has 5 rings (SSSR count). The summed E-state index contributed by atoms with van der Waals surface area (Å²) < 4.78 is 6.39. The fourth-order valence-corrected chi connectivity index (χ4v) is 5.43. The Morgan fingerprint density at radius 3 is 2.65 bits per heavy atom. The number of nitrogens with zero attached hydrogens (tertiary/aromatic N) is 6. The number of carbonyl (C=O) groups is 1. The summed E-state index contributed by atoms with van der Waals surface area (Å²) in [6.45, 7) is 5.41. The summed E-state index contributed by atoms with van der Waals surface area (Å²) in [7, 11) is 0. The van der Waals surface area contributed by atoms with Crippen LogP contribution < -0.4 is 15.4 Å². The molecule has 0 aromatic carbocycles. The molecule has 10 nitrogen and oxygen atoms in total. The highest BCUT2D eigenvalue weighted by Gasteiger charge is 2.39. The minimum Gasteiger partial charge on any atom is -0.372 e. The number of ether oxygens (including phenoxy) is 1. The molecule has 5 heterocycles. The van der Waals surface area contributed by atoms with Gasteiger partial charge in [0.05, 0.1) is 54.0 Å². The summed E-state index contributed by atoms with van der Waals surface area (Å²) in [6, 6.07) is 0.213. The lowest BCUT2D eigenvalue weighted by molar-refractivity contribution is -0.134. The van der Waals surface area contributed by atoms with E-state index in [1.807, 2.05) is 11.8 Å². The van der Waals surface area contributed by atoms with Crippen LogP contribution in [0, 0.1) is 6.92 Å². The average Bonchev–Trinajstić information content (AvgIpc) is 3.51. The van der Waals surface area contributed by atoms with E-state index in [-0.39, 0.29) is 29.7 Å². The number of anilines is 2. The third kappa shape index (κ3) is 4.74. The number of rotatable bonds is 5. The van der Waals surface area contributed by atoms with Crippen LogP contribution in [0.2, 0.25) is 5.02 Å². The molecule has 0 spiro atoms. The Bertz CT molecular complexity index is 1070. The van der Waals surface area contributed by atoms with Gasteiger partial charge in [0.1, 0.15) is 0 Å². The molecule has 2 aromatic heterocycles. The molecule has 34 heavy (non-hydrogen) atoms. The molecule has 3 aliphatic rings. The molecule has 1 N–H and O–H groups in total. The normalized spacial score (nSPS) is 25.2. The van der Waals surface area contributed by atoms with Crippen molar-refractivity contribution in [2.45, 2.75) is 57.3 Å². The van der Waals surface area contributed by atoms with Crippen LogP contribution >= 0.6 is 11.6 Å². The third-order valence-corrected chi connectivity index (χ3v) is 7.38. The zero-order chi connectivity index (χ0) is 23.7. The summed E-state index contributed by atoms with van der Waals surface area (Å²) in [6.07, 6.45) is 9.22. The molecule has 1 amide bonds. The Hall–Kier alpha value is -2.72. The van der Waals surface area contributed by atoms with E-state index in [1.54, 1.807) is 18.6 Å². The van der Waals surface area contributed by atoms with Crippen LogP contribution in [0.4, 0.5) is 11.6 Å². The standard InChI is InChI=1S/C23H30ClN7O3/c1-15-19(14-27-28-22(15)33)31-6-2-3-18(31)20-5-4-17(34-20)11-21(32)29-7-9-30(10-8-29)23-25-12-16(24)13-26-23/h12-14,17-18,20H,2-11H2,1H3,(H,28,33)/t17-,18-,20-/m0/s1. The molecule has 0 bridgehead atoms. The monoisotopic (exact) mass is 487 g/mol. The summed E-state index contributed by atoms with van der Waals surface area (Å²) in [5.41, 5.74) is 1.42. The SMILES string of the molecule is Cc1c(N2CCC[C@H]2[C@@H]2CC[C@@H](CC(=O)N3CCN(c4ncc(Cl)cn4)CC3)O2)cn[nH]c1=O. The van der Waals surface area contributed by atoms with E-state index < -0.39 is 0 Å². The fourth-order valence-electron chi connectivity index (χ4n) is 5.33. The number of halogens is 1. The lowest BCUT2D eigenvalue weighted by Crippen LogP contribution is -2.49. The Morgan fingerprint density at radius 2 is 1.88 bits per heavy atom. The van der Waals surface area contributed by atoms with Gasteiger partial charge in [0.15, 0.2) is 0 Å². The highest BCUT2D eigenvalue weighted by molar-refractivity contribution is 6.30. The van der Waals surface area contributed by atoms with E-state index in [1.165, 1.54) is 0 Å². The van der Waals surface area contributed by atoms with Crippen LogP contribution in [0.15, 0.2) is 23.4 Å². The number of piperazine rings is 1. The Kier molecular flexibility index (Phi) is 6.69. The van der Waals surface area contributed by atoms with Crippen molar-refractivity contribution in [3.05, 3.63) is 39.5 Å². The van der Waals surface area contributed by atoms with Gasteiger partial charge in [0.2, 0.25) is 11.9 Å². The predicted octanol–water partition coefficient (Wildman–Crippen LogP) is 1.78. The quantitative estimate of drug-likeness (QED) is 0.680. The molecule has 3 saturated heterocycles. The van der Waals surface area contributed by atoms with Gasteiger partial charge in [0.25, 0.3) is 5.56 Å². The Balaban J connectivity index is 1.14. The number of aromatic nitrogens is 4. The topological polar surface area (TPSA) is 108 Å². The molecular weight excluding hydrogens is 458 g/mol. The first-order valence-corrected chi connectivity index (χ1v) is 12.3. The van der Waals surface area contributed by atoms with Gasteiger partial charge in [-0.05, 0) is 32.6 Å². The highest BCUT2D eigenvalue weighted by Crippen LogP contribution is 2.35. The van der Waals surface area contributed by atoms with Gasteiger partial charge in [-0.2, -0.15) is 5.10 Å². The van der Waals surface area contributed by atoms with Crippen molar-refractivity contribution in [3.8, 4) is 0 Å². The number of hydrogen-bond acceptors (Lipinski definition) is 8. The van der Waals surface area contributed by atoms with Gasteiger partial charge >= 0.3 is 0 Å². The van der Waals surface area contributed by atoms with Gasteiger partial charge in [-0.1, -0.05) is 11.6 Å². The minimum atomic E-state index is -0.151. The maximum atomic E-state index is 13.0. The molecule has 3 aliphatic heterocycles. The van der Waals surface area contributed by atoms with Gasteiger partial charge in [-0.3, -0.25) is 9.59 Å². The van der Waals surface area contributed by atoms with Crippen molar-refractivity contribution in [1.82, 2.24) is 25.1 Å². The van der Waals surface area contributed by atoms with Gasteiger partial charge in [0, 0.05) is 38.3 Å². The van der Waals surface area contributed by atoms with Crippen LogP contribution in [0.25, 0.3) is 0 Å². The smallest absolute Gasteiger partial charge is 0.269 e. The molecule has 182 valence electrons. The molecule has 0 saturated carbocycles. The van der Waals surface area contributed by atoms with Gasteiger partial charge in [-0.25, -0.2) is 15.1 Å². The van der Waals surface area contributed by atoms with Crippen LogP contribution in [-0.2, 0) is 9.53 Å². The zero-order valence-corrected chi connectivity index (χ0v) is 20.1. The number of nitrogens with one attached hydrogen (secondary N) is 1. The first-order chi connectivity index (χ1) is 16.5. The first kappa shape index (κ1) is 23.0. The van der Waals surface area contributed by atoms with Crippen LogP contribution in [0.5, 0.6) is 0 Å². The van der Waals surface area contributed by atoms with Crippen molar-refractivity contribution in [1.29, 1.82) is 0 Å². The summed E-state index contributed by atoms with van der Waals surface area (Å²) >= 11 is 5.87. The second-order valence-corrected chi connectivity index (χ2v) is 9.70. The second-order valence-electron chi connectivity index (χ2n) is 9.26. The number of carbonyl (C=O) groups excluding carboxylic acids is 1. The zero-order valence-electron chi connectivity index (χ0n) is 19.3. The van der Waals surface area contributed by atoms with Crippen LogP contribution in [0.1, 0.15) is 37.7 Å². The summed E-state index contributed by atoms with van der Waals surface area (Å²) in [4.78, 5) is 39.8. The van der Waals surface area contributed by atoms with Crippen LogP contribution in [0.3, 0.4) is 0 Å². The molecule has 3 atom stereocenters. The van der Waals surface area contributed by atoms with Crippen molar-refractivity contribution in [3.63, 3.8) is 0 Å². The minimum absolute atomic E-state index is 0.0593. The number of amides is 1. The van der Waals surface area contributed by atoms with E-state index in [0.717, 1.165) is 37.9 Å². The summed E-state index contributed by atoms with van der Waals surface area (Å²) in [5, 5.41) is 7.01. The third-order valence-electron chi connectivity index (χ3n) is 7.18. The van der Waals surface area contributed by atoms with Gasteiger partial charge < -0.3 is 19.4 Å². The summed E-state index contributed by atoms with van der Waals surface area (Å²) in [5.74, 6) is 0.783. The van der Waals surface area contributed by atoms with Crippen LogP contribution in [-0.4, -0.2) is 81.9 Å². The number of H-pyrrole nitrogens is 1. The predicted molar refractivity (Wildman–Crippen MR) is 128 cm³/mol. The van der Waals surface area contributed by atoms with E-state index in [0.29, 0.717) is 49.1 Å². The molecule has 0 unspecified atom stereocenters. The first-order valence-electron chi connectivity index (χ1n) is 12.0.